The average Bonchev–Trinajstić information content (AvgIpc) is 1.64. The Labute approximate surface area is 58.3 Å². The van der Waals surface area contributed by atoms with Crippen LogP contribution in [0.2, 0.25) is 0 Å². The van der Waals surface area contributed by atoms with E-state index in [-0.39, 0.29) is 0 Å². The Balaban J connectivity index is 4.03. The van der Waals surface area contributed by atoms with Gasteiger partial charge in [0, 0.05) is 0 Å². The minimum atomic E-state index is -4.37. The first-order chi connectivity index (χ1) is 3.98. The maximum atomic E-state index is 11.4. The van der Waals surface area contributed by atoms with Crippen LogP contribution < -0.4 is 0 Å². The van der Waals surface area contributed by atoms with Gasteiger partial charge in [-0.05, 0) is 22.0 Å². The average molecular weight is 205 g/mol. The highest BCUT2D eigenvalue weighted by atomic mass is 79.9. The zero-order chi connectivity index (χ0) is 7.49. The first-order valence-corrected chi connectivity index (χ1v) is 2.81. The van der Waals surface area contributed by atoms with Gasteiger partial charge in [-0.25, -0.2) is 0 Å². The van der Waals surface area contributed by atoms with Crippen LogP contribution in [0, 0.1) is 0 Å². The van der Waals surface area contributed by atoms with E-state index in [1.54, 1.807) is 0 Å². The van der Waals surface area contributed by atoms with Crippen LogP contribution in [-0.4, -0.2) is 17.9 Å². The van der Waals surface area contributed by atoms with Crippen molar-refractivity contribution in [2.45, 2.75) is 6.18 Å². The Morgan fingerprint density at radius 3 is 2.11 bits per heavy atom. The predicted molar refractivity (Wildman–Crippen MR) is 30.2 cm³/mol. The van der Waals surface area contributed by atoms with E-state index in [0.29, 0.717) is 6.08 Å². The predicted octanol–water partition coefficient (Wildman–Crippen LogP) is 1.82. The molecule has 0 bridgehead atoms. The van der Waals surface area contributed by atoms with Crippen molar-refractivity contribution in [3.05, 3.63) is 10.6 Å². The number of hydrogen-bond acceptors (Lipinski definition) is 1. The highest BCUT2D eigenvalue weighted by Crippen LogP contribution is 2.29. The van der Waals surface area contributed by atoms with Gasteiger partial charge in [0.05, 0.1) is 11.1 Å². The third-order valence-electron chi connectivity index (χ3n) is 0.541. The molecule has 1 N–H and O–H groups in total. The van der Waals surface area contributed by atoms with E-state index in [0.717, 1.165) is 0 Å². The van der Waals surface area contributed by atoms with Crippen LogP contribution in [0.5, 0.6) is 0 Å². The van der Waals surface area contributed by atoms with Crippen LogP contribution >= 0.6 is 15.9 Å². The van der Waals surface area contributed by atoms with Gasteiger partial charge in [0.15, 0.2) is 0 Å². The maximum Gasteiger partial charge on any atom is 0.422 e. The summed E-state index contributed by atoms with van der Waals surface area (Å²) in [6, 6.07) is 0. The molecule has 0 heterocycles. The van der Waals surface area contributed by atoms with E-state index in [9.17, 15) is 13.2 Å². The number of aliphatic hydroxyl groups is 1. The lowest BCUT2D eigenvalue weighted by Crippen LogP contribution is -2.06. The van der Waals surface area contributed by atoms with E-state index >= 15 is 0 Å². The maximum absolute atomic E-state index is 11.4. The van der Waals surface area contributed by atoms with E-state index < -0.39 is 17.3 Å². The fraction of sp³-hybridized carbons (Fsp3) is 0.500. The van der Waals surface area contributed by atoms with E-state index in [4.69, 9.17) is 5.11 Å². The van der Waals surface area contributed by atoms with Gasteiger partial charge in [0.2, 0.25) is 0 Å². The molecule has 0 aliphatic heterocycles. The third kappa shape index (κ3) is 3.53. The molecule has 9 heavy (non-hydrogen) atoms. The molecule has 0 aromatic carbocycles. The van der Waals surface area contributed by atoms with E-state index in [1.807, 2.05) is 0 Å². The number of aliphatic hydroxyl groups excluding tert-OH is 1. The van der Waals surface area contributed by atoms with Crippen molar-refractivity contribution >= 4 is 15.9 Å². The van der Waals surface area contributed by atoms with Crippen LogP contribution in [0.3, 0.4) is 0 Å². The molecule has 0 radical (unpaired) electrons. The highest BCUT2D eigenvalue weighted by molar-refractivity contribution is 9.11. The molecule has 0 aromatic rings. The quantitative estimate of drug-likeness (QED) is 0.692. The second-order valence-corrected chi connectivity index (χ2v) is 2.09. The fourth-order valence-electron chi connectivity index (χ4n) is 0.196. The van der Waals surface area contributed by atoms with Gasteiger partial charge in [-0.1, -0.05) is 0 Å². The Kier molecular flexibility index (Phi) is 3.21. The lowest BCUT2D eigenvalue weighted by molar-refractivity contribution is -0.0832. The van der Waals surface area contributed by atoms with Crippen molar-refractivity contribution in [3.63, 3.8) is 0 Å². The monoisotopic (exact) mass is 204 g/mol. The van der Waals surface area contributed by atoms with Gasteiger partial charge in [-0.3, -0.25) is 0 Å². The molecule has 0 rings (SSSR count). The van der Waals surface area contributed by atoms with Crippen LogP contribution in [0.4, 0.5) is 13.2 Å². The Morgan fingerprint density at radius 1 is 1.56 bits per heavy atom. The van der Waals surface area contributed by atoms with Gasteiger partial charge >= 0.3 is 6.18 Å². The topological polar surface area (TPSA) is 20.2 Å². The molecule has 0 aliphatic carbocycles. The molecule has 0 unspecified atom stereocenters. The highest BCUT2D eigenvalue weighted by Gasteiger charge is 2.31. The second-order valence-electron chi connectivity index (χ2n) is 1.23. The summed E-state index contributed by atoms with van der Waals surface area (Å²) in [7, 11) is 0. The smallest absolute Gasteiger partial charge is 0.392 e. The first-order valence-electron chi connectivity index (χ1n) is 2.02. The summed E-state index contributed by atoms with van der Waals surface area (Å²) in [5.74, 6) is 0. The summed E-state index contributed by atoms with van der Waals surface area (Å²) >= 11 is 2.23. The van der Waals surface area contributed by atoms with Crippen LogP contribution in [0.15, 0.2) is 10.6 Å². The summed E-state index contributed by atoms with van der Waals surface area (Å²) in [5.41, 5.74) is 0. The van der Waals surface area contributed by atoms with Gasteiger partial charge in [-0.15, -0.1) is 0 Å². The molecule has 5 heteroatoms. The fourth-order valence-corrected chi connectivity index (χ4v) is 0.341. The summed E-state index contributed by atoms with van der Waals surface area (Å²) in [6.07, 6.45) is -3.73. The standard InChI is InChI=1S/C4H4BrF3O/c5-3(1-2-9)4(6,7)8/h1,9H,2H2. The molecular formula is C4H4BrF3O. The molecule has 0 aliphatic rings. The molecule has 0 saturated carbocycles. The first kappa shape index (κ1) is 8.97. The number of hydrogen-bond donors (Lipinski definition) is 1. The number of halogens is 4. The van der Waals surface area contributed by atoms with Gasteiger partial charge < -0.3 is 5.11 Å². The zero-order valence-corrected chi connectivity index (χ0v) is 5.83. The minimum absolute atomic E-state index is 0.611. The van der Waals surface area contributed by atoms with Crippen molar-refractivity contribution in [1.29, 1.82) is 0 Å². The van der Waals surface area contributed by atoms with Gasteiger partial charge in [0.1, 0.15) is 0 Å². The largest absolute Gasteiger partial charge is 0.422 e. The molecule has 0 spiro atoms. The number of allylic oxidation sites excluding steroid dienone is 1. The van der Waals surface area contributed by atoms with Crippen LogP contribution in [-0.2, 0) is 0 Å². The number of alkyl halides is 3. The molecule has 0 amide bonds. The van der Waals surface area contributed by atoms with Crippen molar-refractivity contribution in [2.75, 3.05) is 6.61 Å². The molecule has 0 fully saturated rings. The Bertz CT molecular complexity index is 117. The SMILES string of the molecule is OCC=C(Br)C(F)(F)F. The number of rotatable bonds is 1. The Morgan fingerprint density at radius 2 is 2.00 bits per heavy atom. The Hall–Kier alpha value is -0.0300. The van der Waals surface area contributed by atoms with Crippen molar-refractivity contribution < 1.29 is 18.3 Å². The molecule has 1 nitrogen and oxygen atoms in total. The summed E-state index contributed by atoms with van der Waals surface area (Å²) in [6.45, 7) is -0.611. The molecular weight excluding hydrogens is 201 g/mol. The lowest BCUT2D eigenvalue weighted by atomic mass is 10.5. The van der Waals surface area contributed by atoms with Crippen LogP contribution in [0.1, 0.15) is 0 Å². The van der Waals surface area contributed by atoms with E-state index in [2.05, 4.69) is 15.9 Å². The molecule has 0 atom stereocenters. The minimum Gasteiger partial charge on any atom is -0.392 e. The summed E-state index contributed by atoms with van der Waals surface area (Å²) in [5, 5.41) is 7.99. The molecule has 0 saturated heterocycles. The van der Waals surface area contributed by atoms with Gasteiger partial charge in [0.25, 0.3) is 0 Å². The molecule has 0 aromatic heterocycles. The van der Waals surface area contributed by atoms with Crippen molar-refractivity contribution in [2.24, 2.45) is 0 Å². The second kappa shape index (κ2) is 3.22. The third-order valence-corrected chi connectivity index (χ3v) is 1.31. The molecule has 54 valence electrons. The van der Waals surface area contributed by atoms with Gasteiger partial charge in [-0.2, -0.15) is 13.2 Å². The van der Waals surface area contributed by atoms with E-state index in [1.165, 1.54) is 0 Å². The lowest BCUT2D eigenvalue weighted by Gasteiger charge is -2.02. The zero-order valence-electron chi connectivity index (χ0n) is 4.24. The van der Waals surface area contributed by atoms with Crippen molar-refractivity contribution in [3.8, 4) is 0 Å². The summed E-state index contributed by atoms with van der Waals surface area (Å²) < 4.78 is 33.3. The summed E-state index contributed by atoms with van der Waals surface area (Å²) in [4.78, 5) is 0. The van der Waals surface area contributed by atoms with Crippen molar-refractivity contribution in [1.82, 2.24) is 0 Å². The van der Waals surface area contributed by atoms with Crippen LogP contribution in [0.25, 0.3) is 0 Å². The normalized spacial score (nSPS) is 14.1.